The molecule has 0 aliphatic rings. The van der Waals surface area contributed by atoms with Crippen LogP contribution in [-0.2, 0) is 11.2 Å². The normalized spacial score (nSPS) is 11.9. The van der Waals surface area contributed by atoms with Crippen LogP contribution in [0.3, 0.4) is 0 Å². The van der Waals surface area contributed by atoms with Crippen LogP contribution >= 0.6 is 0 Å². The van der Waals surface area contributed by atoms with E-state index in [4.69, 9.17) is 9.47 Å². The number of likely N-dealkylation sites (N-methyl/N-ethyl adjacent to an activating group) is 1. The molecule has 1 N–H and O–H groups in total. The monoisotopic (exact) mass is 384 g/mol. The summed E-state index contributed by atoms with van der Waals surface area (Å²) >= 11 is 0. The topological polar surface area (TPSA) is 50.8 Å². The van der Waals surface area contributed by atoms with Gasteiger partial charge in [0.2, 0.25) is 5.91 Å². The second kappa shape index (κ2) is 10.7. The third kappa shape index (κ3) is 5.73. The summed E-state index contributed by atoms with van der Waals surface area (Å²) in [5.74, 6) is 1.64. The summed E-state index contributed by atoms with van der Waals surface area (Å²) in [5, 5.41) is 3.11. The molecule has 0 spiro atoms. The Morgan fingerprint density at radius 2 is 1.82 bits per heavy atom. The molecule has 0 saturated carbocycles. The summed E-state index contributed by atoms with van der Waals surface area (Å²) in [4.78, 5) is 14.9. The lowest BCUT2D eigenvalue weighted by Gasteiger charge is -2.30. The Bertz CT molecular complexity index is 772. The summed E-state index contributed by atoms with van der Waals surface area (Å²) in [6.07, 6.45) is 0.333. The molecule has 0 bridgehead atoms. The van der Waals surface area contributed by atoms with Crippen LogP contribution < -0.4 is 14.8 Å². The Hall–Kier alpha value is -2.53. The van der Waals surface area contributed by atoms with Crippen LogP contribution in [0.4, 0.5) is 0 Å². The Morgan fingerprint density at radius 3 is 2.46 bits per heavy atom. The highest BCUT2D eigenvalue weighted by Crippen LogP contribution is 2.24. The fourth-order valence-corrected chi connectivity index (χ4v) is 3.40. The van der Waals surface area contributed by atoms with Crippen LogP contribution in [0.5, 0.6) is 11.5 Å². The Morgan fingerprint density at radius 1 is 1.07 bits per heavy atom. The van der Waals surface area contributed by atoms with Crippen molar-refractivity contribution in [2.24, 2.45) is 0 Å². The Balaban J connectivity index is 2.08. The van der Waals surface area contributed by atoms with Gasteiger partial charge < -0.3 is 14.8 Å². The molecule has 0 aliphatic carbocycles. The molecule has 1 amide bonds. The zero-order valence-electron chi connectivity index (χ0n) is 17.6. The summed E-state index contributed by atoms with van der Waals surface area (Å²) in [6.45, 7) is 8.63. The second-order valence-corrected chi connectivity index (χ2v) is 6.80. The second-order valence-electron chi connectivity index (χ2n) is 6.80. The minimum atomic E-state index is 0.00552. The van der Waals surface area contributed by atoms with E-state index in [9.17, 15) is 4.79 Å². The first-order valence-corrected chi connectivity index (χ1v) is 9.80. The highest BCUT2D eigenvalue weighted by Gasteiger charge is 2.19. The number of methoxy groups -OCH3 is 2. The number of aryl methyl sites for hydroxylation is 1. The average Bonchev–Trinajstić information content (AvgIpc) is 2.72. The summed E-state index contributed by atoms with van der Waals surface area (Å²) in [7, 11) is 3.32. The van der Waals surface area contributed by atoms with Crippen molar-refractivity contribution in [1.82, 2.24) is 10.2 Å². The highest BCUT2D eigenvalue weighted by molar-refractivity contribution is 5.78. The highest BCUT2D eigenvalue weighted by atomic mass is 16.5. The standard InChI is InChI=1S/C23H32N2O3/c1-6-25(7-2)21(19-9-8-10-20(15-19)27-4)16-24-23(26)14-18-12-11-17(3)22(13-18)28-5/h8-13,15,21H,6-7,14,16H2,1-5H3,(H,24,26). The van der Waals surface area contributed by atoms with Gasteiger partial charge in [0.05, 0.1) is 26.7 Å². The van der Waals surface area contributed by atoms with E-state index in [0.29, 0.717) is 13.0 Å². The third-order valence-electron chi connectivity index (χ3n) is 5.06. The summed E-state index contributed by atoms with van der Waals surface area (Å²) in [5.41, 5.74) is 3.15. The molecule has 5 nitrogen and oxygen atoms in total. The molecule has 28 heavy (non-hydrogen) atoms. The molecule has 1 atom stereocenters. The minimum absolute atomic E-state index is 0.00552. The van der Waals surface area contributed by atoms with Crippen molar-refractivity contribution in [1.29, 1.82) is 0 Å². The van der Waals surface area contributed by atoms with Crippen LogP contribution in [0.2, 0.25) is 0 Å². The Kier molecular flexibility index (Phi) is 8.33. The van der Waals surface area contributed by atoms with Crippen molar-refractivity contribution in [3.63, 3.8) is 0 Å². The molecule has 0 heterocycles. The number of nitrogens with zero attached hydrogens (tertiary/aromatic N) is 1. The SMILES string of the molecule is CCN(CC)C(CNC(=O)Cc1ccc(C)c(OC)c1)c1cccc(OC)c1. The molecule has 152 valence electrons. The predicted octanol–water partition coefficient (Wildman–Crippen LogP) is 3.75. The maximum atomic E-state index is 12.6. The van der Waals surface area contributed by atoms with Crippen LogP contribution in [-0.4, -0.2) is 44.7 Å². The number of ether oxygens (including phenoxy) is 2. The smallest absolute Gasteiger partial charge is 0.224 e. The van der Waals surface area contributed by atoms with Gasteiger partial charge in [-0.25, -0.2) is 0 Å². The lowest BCUT2D eigenvalue weighted by Crippen LogP contribution is -2.38. The lowest BCUT2D eigenvalue weighted by atomic mass is 10.0. The maximum Gasteiger partial charge on any atom is 0.224 e. The van der Waals surface area contributed by atoms with Crippen LogP contribution in [0, 0.1) is 6.92 Å². The van der Waals surface area contributed by atoms with Crippen molar-refractivity contribution in [3.8, 4) is 11.5 Å². The molecule has 1 unspecified atom stereocenters. The van der Waals surface area contributed by atoms with E-state index in [0.717, 1.165) is 41.3 Å². The van der Waals surface area contributed by atoms with Crippen molar-refractivity contribution in [2.75, 3.05) is 33.9 Å². The lowest BCUT2D eigenvalue weighted by molar-refractivity contribution is -0.120. The Labute approximate surface area is 168 Å². The molecule has 0 fully saturated rings. The maximum absolute atomic E-state index is 12.6. The van der Waals surface area contributed by atoms with E-state index in [1.807, 2.05) is 43.3 Å². The first-order valence-electron chi connectivity index (χ1n) is 9.80. The minimum Gasteiger partial charge on any atom is -0.497 e. The number of nitrogens with one attached hydrogen (secondary N) is 1. The molecular formula is C23H32N2O3. The average molecular weight is 385 g/mol. The number of amides is 1. The van der Waals surface area contributed by atoms with Crippen molar-refractivity contribution < 1.29 is 14.3 Å². The van der Waals surface area contributed by atoms with Gasteiger partial charge in [-0.05, 0) is 54.9 Å². The van der Waals surface area contributed by atoms with E-state index in [1.54, 1.807) is 14.2 Å². The van der Waals surface area contributed by atoms with Gasteiger partial charge in [0.25, 0.3) is 0 Å². The van der Waals surface area contributed by atoms with E-state index in [2.05, 4.69) is 30.1 Å². The van der Waals surface area contributed by atoms with Crippen molar-refractivity contribution in [2.45, 2.75) is 33.2 Å². The molecule has 0 saturated heterocycles. The number of carbonyl (C=O) groups excluding carboxylic acids is 1. The summed E-state index contributed by atoms with van der Waals surface area (Å²) in [6, 6.07) is 14.0. The van der Waals surface area contributed by atoms with E-state index >= 15 is 0 Å². The number of benzene rings is 2. The van der Waals surface area contributed by atoms with Crippen molar-refractivity contribution in [3.05, 3.63) is 59.2 Å². The van der Waals surface area contributed by atoms with Crippen LogP contribution in [0.25, 0.3) is 0 Å². The van der Waals surface area contributed by atoms with Gasteiger partial charge in [-0.3, -0.25) is 9.69 Å². The molecule has 2 aromatic rings. The quantitative estimate of drug-likeness (QED) is 0.678. The molecular weight excluding hydrogens is 352 g/mol. The van der Waals surface area contributed by atoms with Crippen molar-refractivity contribution >= 4 is 5.91 Å². The number of hydrogen-bond donors (Lipinski definition) is 1. The molecule has 5 heteroatoms. The van der Waals surface area contributed by atoms with Gasteiger partial charge in [0.1, 0.15) is 11.5 Å². The van der Waals surface area contributed by atoms with Gasteiger partial charge in [-0.1, -0.05) is 38.1 Å². The van der Waals surface area contributed by atoms with E-state index in [1.165, 1.54) is 0 Å². The molecule has 0 aliphatic heterocycles. The first-order chi connectivity index (χ1) is 13.5. The van der Waals surface area contributed by atoms with Gasteiger partial charge in [-0.2, -0.15) is 0 Å². The van der Waals surface area contributed by atoms with Crippen LogP contribution in [0.15, 0.2) is 42.5 Å². The van der Waals surface area contributed by atoms with Crippen LogP contribution in [0.1, 0.15) is 36.6 Å². The van der Waals surface area contributed by atoms with Gasteiger partial charge >= 0.3 is 0 Å². The van der Waals surface area contributed by atoms with Gasteiger partial charge in [-0.15, -0.1) is 0 Å². The number of hydrogen-bond acceptors (Lipinski definition) is 4. The largest absolute Gasteiger partial charge is 0.497 e. The van der Waals surface area contributed by atoms with Gasteiger partial charge in [0, 0.05) is 6.54 Å². The fourth-order valence-electron chi connectivity index (χ4n) is 3.40. The van der Waals surface area contributed by atoms with E-state index in [-0.39, 0.29) is 11.9 Å². The molecule has 2 aromatic carbocycles. The molecule has 0 radical (unpaired) electrons. The summed E-state index contributed by atoms with van der Waals surface area (Å²) < 4.78 is 10.7. The first kappa shape index (κ1) is 21.8. The van der Waals surface area contributed by atoms with Gasteiger partial charge in [0.15, 0.2) is 0 Å². The number of rotatable bonds is 10. The van der Waals surface area contributed by atoms with E-state index < -0.39 is 0 Å². The molecule has 2 rings (SSSR count). The number of carbonyl (C=O) groups is 1. The zero-order valence-corrected chi connectivity index (χ0v) is 17.6. The predicted molar refractivity (Wildman–Crippen MR) is 113 cm³/mol. The fraction of sp³-hybridized carbons (Fsp3) is 0.435. The third-order valence-corrected chi connectivity index (χ3v) is 5.06. The molecule has 0 aromatic heterocycles. The zero-order chi connectivity index (χ0) is 20.5.